The van der Waals surface area contributed by atoms with Gasteiger partial charge in [0, 0.05) is 10.3 Å². The van der Waals surface area contributed by atoms with Crippen molar-refractivity contribution in [3.63, 3.8) is 0 Å². The Morgan fingerprint density at radius 2 is 1.77 bits per heavy atom. The van der Waals surface area contributed by atoms with E-state index in [9.17, 15) is 4.79 Å². The lowest BCUT2D eigenvalue weighted by molar-refractivity contribution is -0.127. The smallest absolute Gasteiger partial charge is 0.152 e. The molecule has 22 heavy (non-hydrogen) atoms. The molecule has 2 bridgehead atoms. The number of hydrogen-bond acceptors (Lipinski definition) is 2. The van der Waals surface area contributed by atoms with Gasteiger partial charge in [-0.1, -0.05) is 51.1 Å². The molecular weight excluding hydrogens is 288 g/mol. The molecule has 1 nitrogen and oxygen atoms in total. The minimum atomic E-state index is -0.119. The zero-order valence-electron chi connectivity index (χ0n) is 13.4. The molecule has 4 rings (SSSR count). The van der Waals surface area contributed by atoms with Gasteiger partial charge in [0.25, 0.3) is 0 Å². The van der Waals surface area contributed by atoms with Gasteiger partial charge in [0.15, 0.2) is 5.78 Å². The largest absolute Gasteiger partial charge is 0.298 e. The van der Waals surface area contributed by atoms with Gasteiger partial charge in [-0.2, -0.15) is 0 Å². The summed E-state index contributed by atoms with van der Waals surface area (Å²) in [4.78, 5) is 14.2. The van der Waals surface area contributed by atoms with Crippen LogP contribution in [0.1, 0.15) is 33.6 Å². The second-order valence-electron chi connectivity index (χ2n) is 7.61. The number of carbonyl (C=O) groups excluding carboxylic acids is 1. The number of Topliss-reactive ketones (excluding diaryl/α,β-unsaturated/α-hetero) is 1. The summed E-state index contributed by atoms with van der Waals surface area (Å²) in [5, 5.41) is 2.65. The molecule has 2 heteroatoms. The second-order valence-corrected chi connectivity index (χ2v) is 8.83. The molecule has 0 radical (unpaired) electrons. The first-order chi connectivity index (χ1) is 10.4. The van der Waals surface area contributed by atoms with E-state index in [1.165, 1.54) is 22.1 Å². The summed E-state index contributed by atoms with van der Waals surface area (Å²) in [5.41, 5.74) is 0.0186. The van der Waals surface area contributed by atoms with Crippen molar-refractivity contribution in [2.75, 3.05) is 0 Å². The Kier molecular flexibility index (Phi) is 3.00. The summed E-state index contributed by atoms with van der Waals surface area (Å²) in [6, 6.07) is 15.0. The van der Waals surface area contributed by atoms with E-state index >= 15 is 0 Å². The average molecular weight is 310 g/mol. The Morgan fingerprint density at radius 3 is 2.45 bits per heavy atom. The molecule has 0 spiro atoms. The summed E-state index contributed by atoms with van der Waals surface area (Å²) in [6.07, 6.45) is 2.26. The van der Waals surface area contributed by atoms with Crippen LogP contribution >= 0.6 is 11.8 Å². The Bertz CT molecular complexity index is 763. The summed E-state index contributed by atoms with van der Waals surface area (Å²) >= 11 is 1.79. The van der Waals surface area contributed by atoms with E-state index in [-0.39, 0.29) is 16.1 Å². The zero-order valence-corrected chi connectivity index (χ0v) is 14.2. The van der Waals surface area contributed by atoms with Crippen molar-refractivity contribution in [1.82, 2.24) is 0 Å². The van der Waals surface area contributed by atoms with Gasteiger partial charge in [-0.3, -0.25) is 4.79 Å². The van der Waals surface area contributed by atoms with E-state index in [4.69, 9.17) is 0 Å². The lowest BCUT2D eigenvalue weighted by atomic mass is 9.70. The number of benzene rings is 2. The molecule has 0 unspecified atom stereocenters. The quantitative estimate of drug-likeness (QED) is 0.746. The van der Waals surface area contributed by atoms with Crippen LogP contribution in [-0.4, -0.2) is 11.0 Å². The minimum Gasteiger partial charge on any atom is -0.298 e. The third-order valence-corrected chi connectivity index (χ3v) is 7.78. The van der Waals surface area contributed by atoms with Gasteiger partial charge >= 0.3 is 0 Å². The van der Waals surface area contributed by atoms with Crippen molar-refractivity contribution in [3.05, 3.63) is 42.5 Å². The maximum absolute atomic E-state index is 13.0. The molecule has 114 valence electrons. The van der Waals surface area contributed by atoms with Crippen LogP contribution in [0.4, 0.5) is 0 Å². The Labute approximate surface area is 136 Å². The fraction of sp³-hybridized carbons (Fsp3) is 0.450. The van der Waals surface area contributed by atoms with Crippen LogP contribution in [0.25, 0.3) is 10.8 Å². The van der Waals surface area contributed by atoms with Gasteiger partial charge in [-0.05, 0) is 47.1 Å². The molecule has 0 N–H and O–H groups in total. The lowest BCUT2D eigenvalue weighted by Crippen LogP contribution is -2.34. The molecule has 2 aromatic rings. The first-order valence-corrected chi connectivity index (χ1v) is 9.01. The Balaban J connectivity index is 1.67. The van der Waals surface area contributed by atoms with Gasteiger partial charge in [-0.25, -0.2) is 0 Å². The molecule has 0 aliphatic heterocycles. The maximum Gasteiger partial charge on any atom is 0.152 e. The molecule has 2 aliphatic rings. The molecule has 0 heterocycles. The van der Waals surface area contributed by atoms with E-state index in [1.807, 2.05) is 0 Å². The highest BCUT2D eigenvalue weighted by Gasteiger charge is 2.66. The molecule has 2 aliphatic carbocycles. The van der Waals surface area contributed by atoms with Crippen LogP contribution < -0.4 is 0 Å². The van der Waals surface area contributed by atoms with Crippen molar-refractivity contribution in [2.45, 2.75) is 43.8 Å². The first kappa shape index (κ1) is 14.3. The van der Waals surface area contributed by atoms with E-state index in [2.05, 4.69) is 63.2 Å². The number of rotatable bonds is 2. The monoisotopic (exact) mass is 310 g/mol. The minimum absolute atomic E-state index is 0.119. The molecular formula is C20H22OS. The van der Waals surface area contributed by atoms with Crippen LogP contribution in [0.15, 0.2) is 47.4 Å². The predicted octanol–water partition coefficient (Wildman–Crippen LogP) is 5.33. The average Bonchev–Trinajstić information content (AvgIpc) is 2.81. The van der Waals surface area contributed by atoms with Gasteiger partial charge in [0.05, 0.1) is 5.25 Å². The van der Waals surface area contributed by atoms with Gasteiger partial charge < -0.3 is 0 Å². The van der Waals surface area contributed by atoms with Crippen molar-refractivity contribution >= 4 is 28.3 Å². The highest BCUT2D eigenvalue weighted by atomic mass is 32.2. The molecule has 3 atom stereocenters. The van der Waals surface area contributed by atoms with Crippen LogP contribution in [0.2, 0.25) is 0 Å². The third-order valence-electron chi connectivity index (χ3n) is 6.46. The normalized spacial score (nSPS) is 32.8. The Hall–Kier alpha value is -1.28. The topological polar surface area (TPSA) is 17.1 Å². The van der Waals surface area contributed by atoms with Crippen LogP contribution in [-0.2, 0) is 4.79 Å². The fourth-order valence-corrected chi connectivity index (χ4v) is 6.17. The summed E-state index contributed by atoms with van der Waals surface area (Å²) in [5.74, 6) is 0.994. The molecule has 0 amide bonds. The van der Waals surface area contributed by atoms with E-state index in [0.717, 1.165) is 6.42 Å². The van der Waals surface area contributed by atoms with E-state index in [0.29, 0.717) is 11.7 Å². The molecule has 0 saturated heterocycles. The molecule has 0 aromatic heterocycles. The number of fused-ring (bicyclic) bond motifs is 3. The van der Waals surface area contributed by atoms with Crippen molar-refractivity contribution < 1.29 is 4.79 Å². The third kappa shape index (κ3) is 1.76. The maximum atomic E-state index is 13.0. The number of thioether (sulfide) groups is 1. The first-order valence-electron chi connectivity index (χ1n) is 8.13. The Morgan fingerprint density at radius 1 is 1.05 bits per heavy atom. The SMILES string of the molecule is CC1(C)[C@H]2CC[C@]1(C)C(=O)[C@@H]2Sc1ccc2ccccc2c1. The van der Waals surface area contributed by atoms with E-state index in [1.54, 1.807) is 11.8 Å². The fourth-order valence-electron chi connectivity index (χ4n) is 4.53. The van der Waals surface area contributed by atoms with Gasteiger partial charge in [0.2, 0.25) is 0 Å². The molecule has 2 aromatic carbocycles. The van der Waals surface area contributed by atoms with Crippen LogP contribution in [0.3, 0.4) is 0 Å². The van der Waals surface area contributed by atoms with Crippen LogP contribution in [0.5, 0.6) is 0 Å². The van der Waals surface area contributed by atoms with Crippen LogP contribution in [0, 0.1) is 16.7 Å². The van der Waals surface area contributed by atoms with Gasteiger partial charge in [0.1, 0.15) is 0 Å². The van der Waals surface area contributed by atoms with E-state index < -0.39 is 0 Å². The highest BCUT2D eigenvalue weighted by Crippen LogP contribution is 2.66. The second kappa shape index (κ2) is 4.61. The highest BCUT2D eigenvalue weighted by molar-refractivity contribution is 8.00. The number of carbonyl (C=O) groups is 1. The van der Waals surface area contributed by atoms with Crippen molar-refractivity contribution in [2.24, 2.45) is 16.7 Å². The zero-order chi connectivity index (χ0) is 15.5. The molecule has 2 saturated carbocycles. The van der Waals surface area contributed by atoms with Crippen molar-refractivity contribution in [3.8, 4) is 0 Å². The summed E-state index contributed by atoms with van der Waals surface area (Å²) in [6.45, 7) is 6.78. The summed E-state index contributed by atoms with van der Waals surface area (Å²) in [7, 11) is 0. The number of ketones is 1. The molecule has 2 fully saturated rings. The van der Waals surface area contributed by atoms with Crippen molar-refractivity contribution in [1.29, 1.82) is 0 Å². The predicted molar refractivity (Wildman–Crippen MR) is 93.2 cm³/mol. The standard InChI is InChI=1S/C20H22OS/c1-19(2)16-10-11-20(19,3)18(21)17(16)22-15-9-8-13-6-4-5-7-14(13)12-15/h4-9,12,16-17H,10-11H2,1-3H3/t16-,17+,20+/m0/s1. The summed E-state index contributed by atoms with van der Waals surface area (Å²) < 4.78 is 0. The van der Waals surface area contributed by atoms with Gasteiger partial charge in [-0.15, -0.1) is 11.8 Å². The number of hydrogen-bond donors (Lipinski definition) is 0. The lowest BCUT2D eigenvalue weighted by Gasteiger charge is -2.32.